The molecule has 0 spiro atoms. The fourth-order valence-corrected chi connectivity index (χ4v) is 3.08. The summed E-state index contributed by atoms with van der Waals surface area (Å²) in [6, 6.07) is 2.66. The van der Waals surface area contributed by atoms with Crippen LogP contribution in [0.1, 0.15) is 12.1 Å². The van der Waals surface area contributed by atoms with E-state index in [9.17, 15) is 0 Å². The Labute approximate surface area is 120 Å². The Kier molecular flexibility index (Phi) is 4.50. The van der Waals surface area contributed by atoms with Crippen LogP contribution in [0, 0.1) is 5.92 Å². The normalized spacial score (nSPS) is 27.2. The number of hydrogen-bond donors (Lipinski definition) is 0. The molecule has 5 heteroatoms. The highest BCUT2D eigenvalue weighted by molar-refractivity contribution is 5.03. The molecule has 0 aliphatic carbocycles. The van der Waals surface area contributed by atoms with Crippen LogP contribution in [0.2, 0.25) is 0 Å². The quantitative estimate of drug-likeness (QED) is 0.601. The zero-order chi connectivity index (χ0) is 13.8. The molecule has 2 aliphatic heterocycles. The molecule has 2 atom stereocenters. The first kappa shape index (κ1) is 13.8. The number of fused-ring (bicyclic) bond motifs is 1. The molecule has 0 radical (unpaired) electrons. The largest absolute Gasteiger partial charge is 0.380 e. The summed E-state index contributed by atoms with van der Waals surface area (Å²) in [4.78, 5) is 2.54. The van der Waals surface area contributed by atoms with Gasteiger partial charge in [-0.15, -0.1) is 6.58 Å². The summed E-state index contributed by atoms with van der Waals surface area (Å²) in [5, 5.41) is 4.44. The van der Waals surface area contributed by atoms with E-state index in [0.717, 1.165) is 45.9 Å². The van der Waals surface area contributed by atoms with Crippen molar-refractivity contribution in [3.63, 3.8) is 0 Å². The third kappa shape index (κ3) is 3.11. The zero-order valence-electron chi connectivity index (χ0n) is 11.9. The molecule has 0 saturated carbocycles. The number of nitrogens with zero attached hydrogens (tertiary/aromatic N) is 3. The van der Waals surface area contributed by atoms with Crippen molar-refractivity contribution in [3.8, 4) is 0 Å². The lowest BCUT2D eigenvalue weighted by molar-refractivity contribution is 0.0768. The second-order valence-corrected chi connectivity index (χ2v) is 5.64. The van der Waals surface area contributed by atoms with Crippen molar-refractivity contribution in [2.45, 2.75) is 25.6 Å². The third-order valence-corrected chi connectivity index (χ3v) is 4.10. The molecule has 0 amide bonds. The van der Waals surface area contributed by atoms with Gasteiger partial charge < -0.3 is 9.47 Å². The summed E-state index contributed by atoms with van der Waals surface area (Å²) in [5.74, 6) is 0.469. The smallest absolute Gasteiger partial charge is 0.0645 e. The molecule has 1 saturated heterocycles. The van der Waals surface area contributed by atoms with Gasteiger partial charge in [-0.1, -0.05) is 6.08 Å². The SMILES string of the molecule is C=CCOCC1CN(C2CCOC2)Cc2ccnn2C1. The van der Waals surface area contributed by atoms with Crippen molar-refractivity contribution in [3.05, 3.63) is 30.6 Å². The second-order valence-electron chi connectivity index (χ2n) is 5.64. The predicted molar refractivity (Wildman–Crippen MR) is 76.4 cm³/mol. The van der Waals surface area contributed by atoms with E-state index in [0.29, 0.717) is 18.6 Å². The van der Waals surface area contributed by atoms with E-state index in [4.69, 9.17) is 9.47 Å². The summed E-state index contributed by atoms with van der Waals surface area (Å²) < 4.78 is 13.3. The van der Waals surface area contributed by atoms with Crippen LogP contribution in [0.5, 0.6) is 0 Å². The Morgan fingerprint density at radius 1 is 1.50 bits per heavy atom. The summed E-state index contributed by atoms with van der Waals surface area (Å²) >= 11 is 0. The van der Waals surface area contributed by atoms with Crippen LogP contribution in [0.4, 0.5) is 0 Å². The van der Waals surface area contributed by atoms with Crippen molar-refractivity contribution >= 4 is 0 Å². The molecule has 0 N–H and O–H groups in total. The highest BCUT2D eigenvalue weighted by Gasteiger charge is 2.29. The van der Waals surface area contributed by atoms with Crippen molar-refractivity contribution in [2.75, 3.05) is 33.0 Å². The third-order valence-electron chi connectivity index (χ3n) is 4.10. The van der Waals surface area contributed by atoms with Crippen LogP contribution in [0.25, 0.3) is 0 Å². The Hall–Kier alpha value is -1.17. The molecule has 3 rings (SSSR count). The molecule has 0 aromatic carbocycles. The van der Waals surface area contributed by atoms with E-state index >= 15 is 0 Å². The van der Waals surface area contributed by atoms with E-state index in [2.05, 4.69) is 27.3 Å². The molecule has 110 valence electrons. The van der Waals surface area contributed by atoms with Gasteiger partial charge in [0.15, 0.2) is 0 Å². The van der Waals surface area contributed by atoms with Crippen LogP contribution < -0.4 is 0 Å². The number of hydrogen-bond acceptors (Lipinski definition) is 4. The monoisotopic (exact) mass is 277 g/mol. The van der Waals surface area contributed by atoms with Gasteiger partial charge >= 0.3 is 0 Å². The van der Waals surface area contributed by atoms with Crippen LogP contribution in [-0.2, 0) is 22.6 Å². The standard InChI is InChI=1S/C15H23N3O2/c1-2-6-19-11-13-8-17(15-4-7-20-12-15)10-14-3-5-16-18(14)9-13/h2-3,5,13,15H,1,4,6-12H2. The van der Waals surface area contributed by atoms with E-state index in [1.807, 2.05) is 6.20 Å². The lowest BCUT2D eigenvalue weighted by atomic mass is 10.1. The van der Waals surface area contributed by atoms with Gasteiger partial charge in [0.05, 0.1) is 25.5 Å². The molecule has 2 unspecified atom stereocenters. The number of ether oxygens (including phenoxy) is 2. The molecular weight excluding hydrogens is 254 g/mol. The van der Waals surface area contributed by atoms with Crippen LogP contribution in [-0.4, -0.2) is 53.7 Å². The van der Waals surface area contributed by atoms with Gasteiger partial charge in [0, 0.05) is 44.4 Å². The van der Waals surface area contributed by atoms with E-state index in [-0.39, 0.29) is 0 Å². The van der Waals surface area contributed by atoms with Crippen molar-refractivity contribution in [1.29, 1.82) is 0 Å². The van der Waals surface area contributed by atoms with Gasteiger partial charge in [-0.2, -0.15) is 5.10 Å². The predicted octanol–water partition coefficient (Wildman–Crippen LogP) is 1.31. The van der Waals surface area contributed by atoms with Crippen LogP contribution in [0.3, 0.4) is 0 Å². The summed E-state index contributed by atoms with van der Waals surface area (Å²) in [6.45, 7) is 9.77. The Morgan fingerprint density at radius 2 is 2.45 bits per heavy atom. The Balaban J connectivity index is 1.70. The molecule has 5 nitrogen and oxygen atoms in total. The number of aromatic nitrogens is 2. The van der Waals surface area contributed by atoms with E-state index in [1.54, 1.807) is 6.08 Å². The molecular formula is C15H23N3O2. The van der Waals surface area contributed by atoms with Gasteiger partial charge in [0.25, 0.3) is 0 Å². The molecule has 1 aromatic rings. The first-order valence-corrected chi connectivity index (χ1v) is 7.38. The minimum Gasteiger partial charge on any atom is -0.380 e. The number of rotatable bonds is 5. The maximum atomic E-state index is 5.66. The van der Waals surface area contributed by atoms with Crippen molar-refractivity contribution < 1.29 is 9.47 Å². The van der Waals surface area contributed by atoms with Gasteiger partial charge in [-0.05, 0) is 12.5 Å². The van der Waals surface area contributed by atoms with Crippen molar-refractivity contribution in [2.24, 2.45) is 5.92 Å². The zero-order valence-corrected chi connectivity index (χ0v) is 11.9. The maximum absolute atomic E-state index is 5.66. The van der Waals surface area contributed by atoms with Gasteiger partial charge in [0.2, 0.25) is 0 Å². The highest BCUT2D eigenvalue weighted by Crippen LogP contribution is 2.22. The van der Waals surface area contributed by atoms with Crippen LogP contribution >= 0.6 is 0 Å². The van der Waals surface area contributed by atoms with E-state index < -0.39 is 0 Å². The lowest BCUT2D eigenvalue weighted by Gasteiger charge is -2.28. The minimum absolute atomic E-state index is 0.469. The van der Waals surface area contributed by atoms with Gasteiger partial charge in [-0.3, -0.25) is 9.58 Å². The summed E-state index contributed by atoms with van der Waals surface area (Å²) in [5.41, 5.74) is 1.29. The topological polar surface area (TPSA) is 39.5 Å². The fourth-order valence-electron chi connectivity index (χ4n) is 3.08. The summed E-state index contributed by atoms with van der Waals surface area (Å²) in [6.07, 6.45) is 4.83. The minimum atomic E-state index is 0.469. The molecule has 3 heterocycles. The first-order valence-electron chi connectivity index (χ1n) is 7.38. The second kappa shape index (κ2) is 6.52. The first-order chi connectivity index (χ1) is 9.86. The molecule has 1 aromatic heterocycles. The van der Waals surface area contributed by atoms with Gasteiger partial charge in [0.1, 0.15) is 0 Å². The average molecular weight is 277 g/mol. The summed E-state index contributed by atoms with van der Waals surface area (Å²) in [7, 11) is 0. The van der Waals surface area contributed by atoms with Gasteiger partial charge in [-0.25, -0.2) is 0 Å². The van der Waals surface area contributed by atoms with Crippen molar-refractivity contribution in [1.82, 2.24) is 14.7 Å². The maximum Gasteiger partial charge on any atom is 0.0645 e. The lowest BCUT2D eigenvalue weighted by Crippen LogP contribution is -2.38. The fraction of sp³-hybridized carbons (Fsp3) is 0.667. The molecule has 2 aliphatic rings. The van der Waals surface area contributed by atoms with E-state index in [1.165, 1.54) is 5.69 Å². The van der Waals surface area contributed by atoms with Crippen LogP contribution in [0.15, 0.2) is 24.9 Å². The molecule has 1 fully saturated rings. The highest BCUT2D eigenvalue weighted by atomic mass is 16.5. The average Bonchev–Trinajstić information content (AvgIpc) is 3.08. The molecule has 0 bridgehead atoms. The molecule has 20 heavy (non-hydrogen) atoms. The Bertz CT molecular complexity index is 440. The Morgan fingerprint density at radius 3 is 3.25 bits per heavy atom.